The number of likely N-dealkylation sites (tertiary alicyclic amines) is 1. The molecule has 0 aliphatic carbocycles. The highest BCUT2D eigenvalue weighted by Gasteiger charge is 2.21. The second-order valence-electron chi connectivity index (χ2n) is 7.64. The lowest BCUT2D eigenvalue weighted by Gasteiger charge is -2.33. The van der Waals surface area contributed by atoms with Crippen LogP contribution in [0.1, 0.15) is 35.4 Å². The number of nitrogens with one attached hydrogen (secondary N) is 1. The fourth-order valence-corrected chi connectivity index (χ4v) is 5.12. The second kappa shape index (κ2) is 9.03. The molecule has 1 atom stereocenters. The van der Waals surface area contributed by atoms with E-state index in [-0.39, 0.29) is 6.61 Å². The molecule has 3 aromatic rings. The zero-order valence-corrected chi connectivity index (χ0v) is 16.9. The Hall–Kier alpha value is -1.95. The Balaban J connectivity index is 1.28. The van der Waals surface area contributed by atoms with Crippen molar-refractivity contribution in [2.45, 2.75) is 31.1 Å². The number of fused-ring (bicyclic) bond motifs is 1. The van der Waals surface area contributed by atoms with Crippen molar-refractivity contribution in [1.82, 2.24) is 9.88 Å². The molecule has 148 valence electrons. The van der Waals surface area contributed by atoms with E-state index in [1.54, 1.807) is 6.07 Å². The van der Waals surface area contributed by atoms with Crippen molar-refractivity contribution in [3.05, 3.63) is 65.4 Å². The first-order valence-electron chi connectivity index (χ1n) is 10.0. The van der Waals surface area contributed by atoms with Crippen LogP contribution in [0.25, 0.3) is 10.9 Å². The van der Waals surface area contributed by atoms with Crippen molar-refractivity contribution < 1.29 is 10.2 Å². The van der Waals surface area contributed by atoms with Crippen molar-refractivity contribution in [2.75, 3.05) is 25.4 Å². The maximum atomic E-state index is 9.75. The number of rotatable bonds is 7. The number of aromatic amines is 1. The van der Waals surface area contributed by atoms with Gasteiger partial charge in [0.2, 0.25) is 0 Å². The van der Waals surface area contributed by atoms with Crippen LogP contribution in [-0.4, -0.2) is 45.5 Å². The van der Waals surface area contributed by atoms with Gasteiger partial charge in [-0.25, -0.2) is 0 Å². The first kappa shape index (κ1) is 19.4. The van der Waals surface area contributed by atoms with Gasteiger partial charge in [-0.15, -0.1) is 0 Å². The molecular formula is C23H28N2O2S. The molecule has 5 heteroatoms. The van der Waals surface area contributed by atoms with Gasteiger partial charge in [0.1, 0.15) is 5.75 Å². The number of hydrogen-bond donors (Lipinski definition) is 3. The topological polar surface area (TPSA) is 59.5 Å². The highest BCUT2D eigenvalue weighted by Crippen LogP contribution is 2.29. The lowest BCUT2D eigenvalue weighted by molar-refractivity contribution is 0.219. The number of H-pyrrole nitrogens is 1. The van der Waals surface area contributed by atoms with Crippen molar-refractivity contribution in [2.24, 2.45) is 0 Å². The van der Waals surface area contributed by atoms with Crippen molar-refractivity contribution >= 4 is 22.7 Å². The smallest absolute Gasteiger partial charge is 0.115 e. The van der Waals surface area contributed by atoms with Crippen LogP contribution in [0, 0.1) is 0 Å². The predicted octanol–water partition coefficient (Wildman–Crippen LogP) is 4.48. The number of hydrogen-bond acceptors (Lipinski definition) is 4. The number of aliphatic hydroxyl groups is 1. The maximum absolute atomic E-state index is 9.75. The van der Waals surface area contributed by atoms with Gasteiger partial charge in [0.25, 0.3) is 0 Å². The molecular weight excluding hydrogens is 368 g/mol. The lowest BCUT2D eigenvalue weighted by Crippen LogP contribution is -2.35. The highest BCUT2D eigenvalue weighted by atomic mass is 32.2. The summed E-state index contributed by atoms with van der Waals surface area (Å²) in [5, 5.41) is 20.3. The van der Waals surface area contributed by atoms with Gasteiger partial charge in [0, 0.05) is 41.7 Å². The number of nitrogens with zero attached hydrogens (tertiary/aromatic N) is 1. The highest BCUT2D eigenvalue weighted by molar-refractivity contribution is 7.98. The summed E-state index contributed by atoms with van der Waals surface area (Å²) in [5.74, 6) is 2.99. The van der Waals surface area contributed by atoms with Gasteiger partial charge in [-0.2, -0.15) is 11.8 Å². The Morgan fingerprint density at radius 3 is 2.96 bits per heavy atom. The van der Waals surface area contributed by atoms with E-state index in [1.807, 2.05) is 36.0 Å². The Labute approximate surface area is 170 Å². The standard InChI is InChI=1S/C23H28N2O2S/c26-15-17-6-7-23-22(11-17)20(13-24-23)16-28-10-9-25-8-2-4-19(14-25)18-3-1-5-21(27)12-18/h1,3,5-7,11-13,19,24,26-27H,2,4,8-10,14-16H2. The molecule has 1 aliphatic heterocycles. The number of aromatic nitrogens is 1. The molecule has 4 rings (SSSR count). The van der Waals surface area contributed by atoms with Crippen LogP contribution in [0.4, 0.5) is 0 Å². The maximum Gasteiger partial charge on any atom is 0.115 e. The van der Waals surface area contributed by atoms with E-state index in [2.05, 4.69) is 28.2 Å². The predicted molar refractivity (Wildman–Crippen MR) is 117 cm³/mol. The Morgan fingerprint density at radius 1 is 1.18 bits per heavy atom. The second-order valence-corrected chi connectivity index (χ2v) is 8.74. The molecule has 0 bridgehead atoms. The van der Waals surface area contributed by atoms with Gasteiger partial charge in [0.05, 0.1) is 6.61 Å². The van der Waals surface area contributed by atoms with E-state index in [9.17, 15) is 10.2 Å². The summed E-state index contributed by atoms with van der Waals surface area (Å²) >= 11 is 1.97. The molecule has 3 N–H and O–H groups in total. The third-order valence-corrected chi connectivity index (χ3v) is 6.66. The van der Waals surface area contributed by atoms with Gasteiger partial charge < -0.3 is 20.1 Å². The van der Waals surface area contributed by atoms with E-state index >= 15 is 0 Å². The molecule has 1 aromatic heterocycles. The number of phenolic OH excluding ortho intramolecular Hbond substituents is 1. The Kier molecular flexibility index (Phi) is 6.25. The van der Waals surface area contributed by atoms with E-state index in [0.717, 1.165) is 35.7 Å². The van der Waals surface area contributed by atoms with E-state index in [0.29, 0.717) is 11.7 Å². The van der Waals surface area contributed by atoms with E-state index < -0.39 is 0 Å². The molecule has 0 saturated carbocycles. The minimum atomic E-state index is 0.0863. The van der Waals surface area contributed by atoms with E-state index in [1.165, 1.54) is 35.9 Å². The number of thioether (sulfide) groups is 1. The zero-order valence-electron chi connectivity index (χ0n) is 16.1. The number of phenols is 1. The minimum absolute atomic E-state index is 0.0863. The van der Waals surface area contributed by atoms with Crippen LogP contribution in [0.2, 0.25) is 0 Å². The molecule has 2 aromatic carbocycles. The molecule has 1 aliphatic rings. The van der Waals surface area contributed by atoms with Crippen molar-refractivity contribution in [3.8, 4) is 5.75 Å². The quantitative estimate of drug-likeness (QED) is 0.516. The first-order chi connectivity index (χ1) is 13.7. The molecule has 2 heterocycles. The molecule has 1 unspecified atom stereocenters. The fourth-order valence-electron chi connectivity index (χ4n) is 4.13. The third-order valence-electron chi connectivity index (χ3n) is 5.67. The monoisotopic (exact) mass is 396 g/mol. The Morgan fingerprint density at radius 2 is 2.11 bits per heavy atom. The molecule has 1 saturated heterocycles. The average molecular weight is 397 g/mol. The molecule has 4 nitrogen and oxygen atoms in total. The number of piperidine rings is 1. The SMILES string of the molecule is OCc1ccc2[nH]cc(CSCCN3CCCC(c4cccc(O)c4)C3)c2c1. The molecule has 0 radical (unpaired) electrons. The number of benzene rings is 2. The minimum Gasteiger partial charge on any atom is -0.508 e. The number of aromatic hydroxyl groups is 1. The van der Waals surface area contributed by atoms with Crippen LogP contribution in [0.3, 0.4) is 0 Å². The largest absolute Gasteiger partial charge is 0.508 e. The van der Waals surface area contributed by atoms with E-state index in [4.69, 9.17) is 0 Å². The van der Waals surface area contributed by atoms with Crippen LogP contribution < -0.4 is 0 Å². The van der Waals surface area contributed by atoms with Gasteiger partial charge in [0.15, 0.2) is 0 Å². The third kappa shape index (κ3) is 4.54. The molecule has 1 fully saturated rings. The fraction of sp³-hybridized carbons (Fsp3) is 0.391. The first-order valence-corrected chi connectivity index (χ1v) is 11.2. The molecule has 28 heavy (non-hydrogen) atoms. The summed E-state index contributed by atoms with van der Waals surface area (Å²) in [4.78, 5) is 5.89. The van der Waals surface area contributed by atoms with Crippen LogP contribution in [0.15, 0.2) is 48.7 Å². The van der Waals surface area contributed by atoms with Crippen LogP contribution in [0.5, 0.6) is 5.75 Å². The summed E-state index contributed by atoms with van der Waals surface area (Å²) in [7, 11) is 0. The molecule has 0 spiro atoms. The Bertz CT molecular complexity index is 924. The summed E-state index contributed by atoms with van der Waals surface area (Å²) < 4.78 is 0. The molecule has 0 amide bonds. The van der Waals surface area contributed by atoms with Gasteiger partial charge in [-0.05, 0) is 66.3 Å². The normalized spacial score (nSPS) is 18.0. The number of aliphatic hydroxyl groups excluding tert-OH is 1. The van der Waals surface area contributed by atoms with Crippen molar-refractivity contribution in [3.63, 3.8) is 0 Å². The summed E-state index contributed by atoms with van der Waals surface area (Å²) in [6.07, 6.45) is 4.52. The zero-order chi connectivity index (χ0) is 19.3. The van der Waals surface area contributed by atoms with Gasteiger partial charge in [-0.1, -0.05) is 18.2 Å². The van der Waals surface area contributed by atoms with Gasteiger partial charge >= 0.3 is 0 Å². The average Bonchev–Trinajstić information content (AvgIpc) is 3.13. The summed E-state index contributed by atoms with van der Waals surface area (Å²) in [6, 6.07) is 13.9. The summed E-state index contributed by atoms with van der Waals surface area (Å²) in [6.45, 7) is 3.44. The summed E-state index contributed by atoms with van der Waals surface area (Å²) in [5.41, 5.74) is 4.67. The van der Waals surface area contributed by atoms with Gasteiger partial charge in [-0.3, -0.25) is 0 Å². The van der Waals surface area contributed by atoms with Crippen LogP contribution >= 0.6 is 11.8 Å². The lowest BCUT2D eigenvalue weighted by atomic mass is 9.90. The van der Waals surface area contributed by atoms with Crippen LogP contribution in [-0.2, 0) is 12.4 Å². The van der Waals surface area contributed by atoms with Crippen molar-refractivity contribution in [1.29, 1.82) is 0 Å².